The van der Waals surface area contributed by atoms with E-state index in [4.69, 9.17) is 5.26 Å². The van der Waals surface area contributed by atoms with Gasteiger partial charge in [0.25, 0.3) is 0 Å². The van der Waals surface area contributed by atoms with Gasteiger partial charge in [-0.05, 0) is 50.5 Å². The first-order valence-electron chi connectivity index (χ1n) is 9.28. The van der Waals surface area contributed by atoms with Gasteiger partial charge >= 0.3 is 6.18 Å². The van der Waals surface area contributed by atoms with Crippen molar-refractivity contribution in [2.24, 2.45) is 5.92 Å². The Morgan fingerprint density at radius 1 is 1.24 bits per heavy atom. The van der Waals surface area contributed by atoms with E-state index in [9.17, 15) is 13.2 Å². The molecule has 0 saturated heterocycles. The van der Waals surface area contributed by atoms with Gasteiger partial charge in [-0.1, -0.05) is 6.08 Å². The van der Waals surface area contributed by atoms with Crippen molar-refractivity contribution in [3.05, 3.63) is 47.4 Å². The molecule has 4 rings (SSSR count). The first kappa shape index (κ1) is 19.1. The molecule has 29 heavy (non-hydrogen) atoms. The van der Waals surface area contributed by atoms with Crippen LogP contribution in [0.1, 0.15) is 30.7 Å². The van der Waals surface area contributed by atoms with Crippen LogP contribution in [0.5, 0.6) is 0 Å². The highest BCUT2D eigenvalue weighted by Gasteiger charge is 2.31. The van der Waals surface area contributed by atoms with Crippen molar-refractivity contribution in [3.63, 3.8) is 0 Å². The van der Waals surface area contributed by atoms with Crippen molar-refractivity contribution in [3.8, 4) is 6.07 Å². The lowest BCUT2D eigenvalue weighted by Crippen LogP contribution is -2.17. The molecule has 1 aromatic heterocycles. The van der Waals surface area contributed by atoms with E-state index in [1.807, 2.05) is 11.0 Å². The highest BCUT2D eigenvalue weighted by Crippen LogP contribution is 2.41. The third-order valence-electron chi connectivity index (χ3n) is 5.05. The highest BCUT2D eigenvalue weighted by molar-refractivity contribution is 5.86. The summed E-state index contributed by atoms with van der Waals surface area (Å²) in [7, 11) is 0. The van der Waals surface area contributed by atoms with Crippen molar-refractivity contribution in [1.82, 2.24) is 9.97 Å². The lowest BCUT2D eigenvalue weighted by Gasteiger charge is -2.20. The molecule has 1 atom stereocenters. The van der Waals surface area contributed by atoms with Gasteiger partial charge in [-0.25, -0.2) is 9.97 Å². The summed E-state index contributed by atoms with van der Waals surface area (Å²) in [5, 5.41) is 15.6. The number of aryl methyl sites for hydroxylation is 1. The molecule has 1 aliphatic heterocycles. The molecule has 150 valence electrons. The summed E-state index contributed by atoms with van der Waals surface area (Å²) in [6, 6.07) is 7.31. The number of fused-ring (bicyclic) bond motifs is 1. The molecule has 0 amide bonds. The number of anilines is 4. The second kappa shape index (κ2) is 7.28. The van der Waals surface area contributed by atoms with Crippen LogP contribution in [0, 0.1) is 24.2 Å². The Bertz CT molecular complexity index is 991. The number of nitrogens with one attached hydrogen (secondary N) is 2. The van der Waals surface area contributed by atoms with Crippen LogP contribution in [0.2, 0.25) is 0 Å². The van der Waals surface area contributed by atoms with Crippen molar-refractivity contribution >= 4 is 23.0 Å². The number of benzene rings is 1. The number of alkyl halides is 3. The van der Waals surface area contributed by atoms with Gasteiger partial charge in [0, 0.05) is 11.4 Å². The second-order valence-corrected chi connectivity index (χ2v) is 7.08. The molecular weight excluding hydrogens is 381 g/mol. The molecule has 1 aliphatic carbocycles. The molecule has 0 radical (unpaired) electrons. The number of allylic oxidation sites excluding steroid dienone is 2. The third-order valence-corrected chi connectivity index (χ3v) is 5.05. The van der Waals surface area contributed by atoms with Gasteiger partial charge < -0.3 is 15.5 Å². The summed E-state index contributed by atoms with van der Waals surface area (Å²) in [5.74, 6) is 1.85. The molecular formula is C20H19F3N6. The standard InChI is InChI=1S/C20H19F3N6/c1-12-26-18(28-15-6-2-13(10-24)3-7-15)17-19(27-12)29(11-25-17)16-8-4-14(5-9-16)20(21,22)23/h4-6,8-9,13,25H,2-3,7,11H2,1H3,(H,26,27,28). The fourth-order valence-electron chi connectivity index (χ4n) is 3.50. The average molecular weight is 400 g/mol. The van der Waals surface area contributed by atoms with E-state index in [1.165, 1.54) is 12.1 Å². The van der Waals surface area contributed by atoms with E-state index < -0.39 is 11.7 Å². The molecule has 6 nitrogen and oxygen atoms in total. The summed E-state index contributed by atoms with van der Waals surface area (Å²) in [5.41, 5.74) is 1.64. The van der Waals surface area contributed by atoms with Crippen LogP contribution in [0.15, 0.2) is 36.0 Å². The van der Waals surface area contributed by atoms with Gasteiger partial charge in [-0.3, -0.25) is 0 Å². The van der Waals surface area contributed by atoms with Gasteiger partial charge in [0.05, 0.1) is 24.2 Å². The number of halogens is 3. The predicted octanol–water partition coefficient (Wildman–Crippen LogP) is 4.94. The average Bonchev–Trinajstić information content (AvgIpc) is 3.12. The van der Waals surface area contributed by atoms with E-state index in [0.29, 0.717) is 41.9 Å². The SMILES string of the molecule is Cc1nc(NC2=CCC(C#N)CC2)c2c(n1)N(c1ccc(C(F)(F)F)cc1)CN2. The zero-order chi connectivity index (χ0) is 20.6. The lowest BCUT2D eigenvalue weighted by molar-refractivity contribution is -0.137. The number of nitrogens with zero attached hydrogens (tertiary/aromatic N) is 4. The monoisotopic (exact) mass is 400 g/mol. The van der Waals surface area contributed by atoms with Crippen molar-refractivity contribution in [2.45, 2.75) is 32.4 Å². The summed E-state index contributed by atoms with van der Waals surface area (Å²) in [6.07, 6.45) is -0.0841. The molecule has 0 spiro atoms. The quantitative estimate of drug-likeness (QED) is 0.760. The van der Waals surface area contributed by atoms with Crippen molar-refractivity contribution < 1.29 is 13.2 Å². The maximum atomic E-state index is 12.8. The fraction of sp³-hybridized carbons (Fsp3) is 0.350. The van der Waals surface area contributed by atoms with Gasteiger partial charge in [-0.15, -0.1) is 0 Å². The zero-order valence-corrected chi connectivity index (χ0v) is 15.7. The molecule has 2 heterocycles. The van der Waals surface area contributed by atoms with E-state index in [2.05, 4.69) is 26.7 Å². The van der Waals surface area contributed by atoms with Crippen molar-refractivity contribution in [2.75, 3.05) is 22.2 Å². The first-order valence-corrected chi connectivity index (χ1v) is 9.28. The zero-order valence-electron chi connectivity index (χ0n) is 15.7. The van der Waals surface area contributed by atoms with Crippen LogP contribution >= 0.6 is 0 Å². The first-order chi connectivity index (χ1) is 13.8. The lowest BCUT2D eigenvalue weighted by atomic mass is 9.94. The normalized spacial score (nSPS) is 18.5. The number of nitriles is 1. The summed E-state index contributed by atoms with van der Waals surface area (Å²) in [4.78, 5) is 10.8. The Morgan fingerprint density at radius 3 is 2.62 bits per heavy atom. The number of hydrogen-bond donors (Lipinski definition) is 2. The number of hydrogen-bond acceptors (Lipinski definition) is 6. The molecule has 1 unspecified atom stereocenters. The third kappa shape index (κ3) is 3.83. The number of aromatic nitrogens is 2. The van der Waals surface area contributed by atoms with E-state index in [1.54, 1.807) is 6.92 Å². The van der Waals surface area contributed by atoms with E-state index in [0.717, 1.165) is 30.7 Å². The van der Waals surface area contributed by atoms with Crippen LogP contribution in [0.4, 0.5) is 36.2 Å². The Morgan fingerprint density at radius 2 is 2.00 bits per heavy atom. The molecule has 9 heteroatoms. The Labute approximate surface area is 166 Å². The molecule has 2 aliphatic rings. The van der Waals surface area contributed by atoms with Crippen LogP contribution in [-0.4, -0.2) is 16.6 Å². The molecule has 0 bridgehead atoms. The second-order valence-electron chi connectivity index (χ2n) is 7.08. The molecule has 2 N–H and O–H groups in total. The minimum atomic E-state index is -4.37. The topological polar surface area (TPSA) is 76.9 Å². The van der Waals surface area contributed by atoms with Crippen LogP contribution in [-0.2, 0) is 6.18 Å². The molecule has 1 aromatic carbocycles. The fourth-order valence-corrected chi connectivity index (χ4v) is 3.50. The smallest absolute Gasteiger partial charge is 0.361 e. The van der Waals surface area contributed by atoms with Gasteiger partial charge in [0.15, 0.2) is 11.6 Å². The maximum absolute atomic E-state index is 12.8. The maximum Gasteiger partial charge on any atom is 0.416 e. The largest absolute Gasteiger partial charge is 0.416 e. The van der Waals surface area contributed by atoms with E-state index in [-0.39, 0.29) is 5.92 Å². The van der Waals surface area contributed by atoms with Crippen molar-refractivity contribution in [1.29, 1.82) is 5.26 Å². The predicted molar refractivity (Wildman–Crippen MR) is 104 cm³/mol. The van der Waals surface area contributed by atoms with Crippen LogP contribution in [0.3, 0.4) is 0 Å². The minimum absolute atomic E-state index is 0.0479. The number of rotatable bonds is 3. The highest BCUT2D eigenvalue weighted by atomic mass is 19.4. The molecule has 0 saturated carbocycles. The minimum Gasteiger partial charge on any atom is -0.361 e. The van der Waals surface area contributed by atoms with Gasteiger partial charge in [0.1, 0.15) is 11.5 Å². The molecule has 0 fully saturated rings. The summed E-state index contributed by atoms with van der Waals surface area (Å²) >= 11 is 0. The van der Waals surface area contributed by atoms with Gasteiger partial charge in [-0.2, -0.15) is 18.4 Å². The van der Waals surface area contributed by atoms with Crippen LogP contribution < -0.4 is 15.5 Å². The Hall–Kier alpha value is -3.28. The Balaban J connectivity index is 1.61. The Kier molecular flexibility index (Phi) is 4.78. The summed E-state index contributed by atoms with van der Waals surface area (Å²) in [6.45, 7) is 2.15. The van der Waals surface area contributed by atoms with Gasteiger partial charge in [0.2, 0.25) is 0 Å². The van der Waals surface area contributed by atoms with Crippen LogP contribution in [0.25, 0.3) is 0 Å². The molecule has 2 aromatic rings. The summed E-state index contributed by atoms with van der Waals surface area (Å²) < 4.78 is 38.5. The van der Waals surface area contributed by atoms with E-state index >= 15 is 0 Å².